The summed E-state index contributed by atoms with van der Waals surface area (Å²) in [6.07, 6.45) is 1.73. The third-order valence-corrected chi connectivity index (χ3v) is 2.62. The van der Waals surface area contributed by atoms with Crippen molar-refractivity contribution < 1.29 is 4.74 Å². The summed E-state index contributed by atoms with van der Waals surface area (Å²) < 4.78 is 5.43. The van der Waals surface area contributed by atoms with Crippen LogP contribution in [0.1, 0.15) is 0 Å². The maximum absolute atomic E-state index is 5.96. The van der Waals surface area contributed by atoms with Gasteiger partial charge in [-0.1, -0.05) is 48.5 Å². The smallest absolute Gasteiger partial charge is 0.119 e. The molecule has 0 aromatic heterocycles. The fraction of sp³-hybridized carbons (Fsp3) is 0.0667. The van der Waals surface area contributed by atoms with Gasteiger partial charge in [0.1, 0.15) is 12.4 Å². The highest BCUT2D eigenvalue weighted by Gasteiger charge is 1.99. The first-order valence-electron chi connectivity index (χ1n) is 5.39. The topological polar surface area (TPSA) is 9.23 Å². The summed E-state index contributed by atoms with van der Waals surface area (Å²) in [5.41, 5.74) is 2.23. The Balaban J connectivity index is 2.20. The molecule has 0 atom stereocenters. The van der Waals surface area contributed by atoms with E-state index in [9.17, 15) is 0 Å². The van der Waals surface area contributed by atoms with Gasteiger partial charge >= 0.3 is 0 Å². The molecule has 0 radical (unpaired) electrons. The van der Waals surface area contributed by atoms with Crippen LogP contribution in [0.2, 0.25) is 5.02 Å². The van der Waals surface area contributed by atoms with Crippen molar-refractivity contribution in [3.05, 3.63) is 66.2 Å². The van der Waals surface area contributed by atoms with Crippen LogP contribution in [0.5, 0.6) is 5.75 Å². The third kappa shape index (κ3) is 3.11. The standard InChI is InChI=1S/C15H13ClO/c1-2-10-17-15-8-6-12(7-9-15)13-4-3-5-14(16)11-13/h2-9,11H,1,10H2. The van der Waals surface area contributed by atoms with Crippen LogP contribution in [-0.4, -0.2) is 6.61 Å². The molecule has 2 aromatic rings. The van der Waals surface area contributed by atoms with Crippen LogP contribution in [0, 0.1) is 0 Å². The Morgan fingerprint density at radius 1 is 1.06 bits per heavy atom. The zero-order valence-electron chi connectivity index (χ0n) is 9.40. The van der Waals surface area contributed by atoms with Crippen molar-refractivity contribution in [2.24, 2.45) is 0 Å². The first kappa shape index (κ1) is 11.7. The lowest BCUT2D eigenvalue weighted by Gasteiger charge is -2.05. The Bertz CT molecular complexity index is 503. The van der Waals surface area contributed by atoms with E-state index in [2.05, 4.69) is 6.58 Å². The number of ether oxygens (including phenoxy) is 1. The van der Waals surface area contributed by atoms with Gasteiger partial charge in [-0.25, -0.2) is 0 Å². The molecule has 0 saturated carbocycles. The molecule has 2 aromatic carbocycles. The van der Waals surface area contributed by atoms with Gasteiger partial charge in [0.25, 0.3) is 0 Å². The van der Waals surface area contributed by atoms with Gasteiger partial charge in [0, 0.05) is 5.02 Å². The lowest BCUT2D eigenvalue weighted by atomic mass is 10.1. The molecule has 0 saturated heterocycles. The van der Waals surface area contributed by atoms with Crippen LogP contribution in [0.25, 0.3) is 11.1 Å². The minimum Gasteiger partial charge on any atom is -0.490 e. The minimum absolute atomic E-state index is 0.524. The summed E-state index contributed by atoms with van der Waals surface area (Å²) in [6.45, 7) is 4.14. The molecular weight excluding hydrogens is 232 g/mol. The number of hydrogen-bond acceptors (Lipinski definition) is 1. The first-order chi connectivity index (χ1) is 8.29. The lowest BCUT2D eigenvalue weighted by Crippen LogP contribution is -1.91. The predicted octanol–water partition coefficient (Wildman–Crippen LogP) is 4.57. The van der Waals surface area contributed by atoms with Crippen LogP contribution in [0.4, 0.5) is 0 Å². The Hall–Kier alpha value is -1.73. The Morgan fingerprint density at radius 3 is 2.47 bits per heavy atom. The van der Waals surface area contributed by atoms with Gasteiger partial charge in [0.2, 0.25) is 0 Å². The van der Waals surface area contributed by atoms with Crippen molar-refractivity contribution in [3.63, 3.8) is 0 Å². The van der Waals surface area contributed by atoms with E-state index in [0.29, 0.717) is 6.61 Å². The highest BCUT2D eigenvalue weighted by molar-refractivity contribution is 6.30. The Labute approximate surface area is 106 Å². The number of halogens is 1. The summed E-state index contributed by atoms with van der Waals surface area (Å²) in [5.74, 6) is 0.843. The molecular formula is C15H13ClO. The van der Waals surface area contributed by atoms with Crippen molar-refractivity contribution in [2.75, 3.05) is 6.61 Å². The molecule has 0 unspecified atom stereocenters. The SMILES string of the molecule is C=CCOc1ccc(-c2cccc(Cl)c2)cc1. The minimum atomic E-state index is 0.524. The molecule has 0 aliphatic heterocycles. The van der Waals surface area contributed by atoms with Gasteiger partial charge in [0.05, 0.1) is 0 Å². The van der Waals surface area contributed by atoms with E-state index >= 15 is 0 Å². The summed E-state index contributed by atoms with van der Waals surface area (Å²) in [5, 5.41) is 0.745. The average Bonchev–Trinajstić information content (AvgIpc) is 2.37. The second-order valence-electron chi connectivity index (χ2n) is 3.63. The molecule has 0 aliphatic carbocycles. The maximum Gasteiger partial charge on any atom is 0.119 e. The van der Waals surface area contributed by atoms with E-state index in [1.54, 1.807) is 6.08 Å². The van der Waals surface area contributed by atoms with E-state index in [0.717, 1.165) is 21.9 Å². The normalized spacial score (nSPS) is 9.94. The highest BCUT2D eigenvalue weighted by Crippen LogP contribution is 2.24. The van der Waals surface area contributed by atoms with E-state index in [-0.39, 0.29) is 0 Å². The third-order valence-electron chi connectivity index (χ3n) is 2.38. The van der Waals surface area contributed by atoms with Crippen LogP contribution >= 0.6 is 11.6 Å². The number of benzene rings is 2. The largest absolute Gasteiger partial charge is 0.490 e. The van der Waals surface area contributed by atoms with E-state index in [1.807, 2.05) is 48.5 Å². The Morgan fingerprint density at radius 2 is 1.82 bits per heavy atom. The molecule has 0 bridgehead atoms. The zero-order chi connectivity index (χ0) is 12.1. The lowest BCUT2D eigenvalue weighted by molar-refractivity contribution is 0.363. The van der Waals surface area contributed by atoms with Crippen molar-refractivity contribution in [3.8, 4) is 16.9 Å². The zero-order valence-corrected chi connectivity index (χ0v) is 10.2. The summed E-state index contributed by atoms with van der Waals surface area (Å²) in [6, 6.07) is 15.7. The van der Waals surface area contributed by atoms with Crippen molar-refractivity contribution >= 4 is 11.6 Å². The van der Waals surface area contributed by atoms with Gasteiger partial charge in [-0.2, -0.15) is 0 Å². The molecule has 0 fully saturated rings. The fourth-order valence-electron chi connectivity index (χ4n) is 1.57. The van der Waals surface area contributed by atoms with Crippen LogP contribution < -0.4 is 4.74 Å². The first-order valence-corrected chi connectivity index (χ1v) is 5.77. The second kappa shape index (κ2) is 5.55. The van der Waals surface area contributed by atoms with E-state index < -0.39 is 0 Å². The average molecular weight is 245 g/mol. The quantitative estimate of drug-likeness (QED) is 0.716. The van der Waals surface area contributed by atoms with Crippen molar-refractivity contribution in [2.45, 2.75) is 0 Å². The van der Waals surface area contributed by atoms with Crippen LogP contribution in [0.15, 0.2) is 61.2 Å². The highest BCUT2D eigenvalue weighted by atomic mass is 35.5. The van der Waals surface area contributed by atoms with Crippen molar-refractivity contribution in [1.29, 1.82) is 0 Å². The van der Waals surface area contributed by atoms with Gasteiger partial charge in [-0.3, -0.25) is 0 Å². The molecule has 0 amide bonds. The van der Waals surface area contributed by atoms with Crippen LogP contribution in [0.3, 0.4) is 0 Å². The monoisotopic (exact) mass is 244 g/mol. The fourth-order valence-corrected chi connectivity index (χ4v) is 1.76. The van der Waals surface area contributed by atoms with E-state index in [4.69, 9.17) is 16.3 Å². The summed E-state index contributed by atoms with van der Waals surface area (Å²) in [7, 11) is 0. The van der Waals surface area contributed by atoms with Gasteiger partial charge in [-0.15, -0.1) is 0 Å². The molecule has 2 rings (SSSR count). The predicted molar refractivity (Wildman–Crippen MR) is 72.6 cm³/mol. The molecule has 17 heavy (non-hydrogen) atoms. The molecule has 1 nitrogen and oxygen atoms in total. The van der Waals surface area contributed by atoms with Gasteiger partial charge in [0.15, 0.2) is 0 Å². The molecule has 0 heterocycles. The van der Waals surface area contributed by atoms with Gasteiger partial charge in [-0.05, 0) is 35.4 Å². The van der Waals surface area contributed by atoms with Crippen LogP contribution in [-0.2, 0) is 0 Å². The molecule has 0 aliphatic rings. The molecule has 86 valence electrons. The van der Waals surface area contributed by atoms with Crippen molar-refractivity contribution in [1.82, 2.24) is 0 Å². The second-order valence-corrected chi connectivity index (χ2v) is 4.07. The Kier molecular flexibility index (Phi) is 3.84. The molecule has 0 N–H and O–H groups in total. The summed E-state index contributed by atoms with van der Waals surface area (Å²) >= 11 is 5.96. The molecule has 2 heteroatoms. The van der Waals surface area contributed by atoms with Gasteiger partial charge < -0.3 is 4.74 Å². The number of hydrogen-bond donors (Lipinski definition) is 0. The number of rotatable bonds is 4. The maximum atomic E-state index is 5.96. The summed E-state index contributed by atoms with van der Waals surface area (Å²) in [4.78, 5) is 0. The van der Waals surface area contributed by atoms with E-state index in [1.165, 1.54) is 0 Å². The molecule has 0 spiro atoms.